The van der Waals surface area contributed by atoms with Crippen LogP contribution in [0, 0.1) is 0 Å². The van der Waals surface area contributed by atoms with Crippen molar-refractivity contribution in [3.05, 3.63) is 106 Å². The van der Waals surface area contributed by atoms with Crippen LogP contribution < -0.4 is 0 Å². The lowest BCUT2D eigenvalue weighted by Crippen LogP contribution is -2.54. The van der Waals surface area contributed by atoms with Crippen molar-refractivity contribution in [1.82, 2.24) is 9.80 Å². The molecule has 0 spiro atoms. The summed E-state index contributed by atoms with van der Waals surface area (Å²) in [5.41, 5.74) is 2.62. The van der Waals surface area contributed by atoms with Crippen LogP contribution in [0.25, 0.3) is 0 Å². The highest BCUT2D eigenvalue weighted by molar-refractivity contribution is 5.59. The van der Waals surface area contributed by atoms with Crippen LogP contribution in [0.1, 0.15) is 95.7 Å². The highest BCUT2D eigenvalue weighted by atomic mass is 19.4. The van der Waals surface area contributed by atoms with Crippen molar-refractivity contribution >= 4 is 0 Å². The van der Waals surface area contributed by atoms with E-state index in [9.17, 15) is 26.3 Å². The summed E-state index contributed by atoms with van der Waals surface area (Å²) in [6, 6.07) is 19.4. The van der Waals surface area contributed by atoms with Gasteiger partial charge in [-0.15, -0.1) is 0 Å². The van der Waals surface area contributed by atoms with Gasteiger partial charge in [0.05, 0.1) is 17.8 Å². The molecular weight excluding hydrogens is 550 g/mol. The number of rotatable bonds is 3. The number of benzene rings is 3. The summed E-state index contributed by atoms with van der Waals surface area (Å²) in [6.45, 7) is 0.567. The smallest absolute Gasteiger partial charge is 0.282 e. The molecule has 8 heteroatoms. The summed E-state index contributed by atoms with van der Waals surface area (Å²) in [4.78, 5) is 4.76. The molecule has 4 aliphatic carbocycles. The van der Waals surface area contributed by atoms with Crippen LogP contribution in [-0.4, -0.2) is 34.6 Å². The lowest BCUT2D eigenvalue weighted by atomic mass is 9.59. The van der Waals surface area contributed by atoms with Crippen molar-refractivity contribution in [1.29, 1.82) is 0 Å². The van der Waals surface area contributed by atoms with E-state index in [0.29, 0.717) is 12.7 Å². The number of nitrogens with zero attached hydrogens (tertiary/aromatic N) is 2. The minimum Gasteiger partial charge on any atom is -0.282 e. The Morgan fingerprint density at radius 2 is 1.05 bits per heavy atom. The fourth-order valence-electron chi connectivity index (χ4n) is 8.46. The van der Waals surface area contributed by atoms with E-state index in [1.807, 2.05) is 12.1 Å². The monoisotopic (exact) mass is 584 g/mol. The Hall–Kier alpha value is -2.84. The first-order valence-corrected chi connectivity index (χ1v) is 15.1. The van der Waals surface area contributed by atoms with E-state index >= 15 is 0 Å². The van der Waals surface area contributed by atoms with Crippen LogP contribution in [0.4, 0.5) is 26.3 Å². The highest BCUT2D eigenvalue weighted by Crippen LogP contribution is 2.58. The molecule has 0 N–H and O–H groups in total. The summed E-state index contributed by atoms with van der Waals surface area (Å²) >= 11 is 0. The van der Waals surface area contributed by atoms with E-state index < -0.39 is 23.5 Å². The first-order valence-electron chi connectivity index (χ1n) is 15.1. The first-order chi connectivity index (χ1) is 20.1. The Labute approximate surface area is 242 Å². The average Bonchev–Trinajstić information content (AvgIpc) is 3.31. The maximum absolute atomic E-state index is 13.8. The number of hydrogen-bond donors (Lipinski definition) is 0. The molecule has 0 radical (unpaired) electrons. The van der Waals surface area contributed by atoms with Gasteiger partial charge in [0.2, 0.25) is 0 Å². The minimum absolute atomic E-state index is 0.00107. The van der Waals surface area contributed by atoms with Gasteiger partial charge in [-0.2, -0.15) is 26.3 Å². The molecule has 0 amide bonds. The van der Waals surface area contributed by atoms with Gasteiger partial charge in [-0.3, -0.25) is 9.80 Å². The zero-order valence-electron chi connectivity index (χ0n) is 23.3. The molecular formula is C34H34F6N2. The molecule has 2 bridgehead atoms. The summed E-state index contributed by atoms with van der Waals surface area (Å²) in [5.74, 6) is 0.105. The third kappa shape index (κ3) is 4.75. The van der Waals surface area contributed by atoms with Crippen LogP contribution >= 0.6 is 0 Å². The SMILES string of the molecule is FC(F)(F)c1cc(CN2CN(C3CCCCCCC3)[C@@H]3C4c5ccccc5C(c5ccccc54)[C@@H]32)cc(C(F)(F)F)c1. The van der Waals surface area contributed by atoms with Crippen LogP contribution in [0.3, 0.4) is 0 Å². The van der Waals surface area contributed by atoms with Crippen molar-refractivity contribution < 1.29 is 26.3 Å². The third-order valence-corrected chi connectivity index (χ3v) is 10.1. The second-order valence-electron chi connectivity index (χ2n) is 12.5. The van der Waals surface area contributed by atoms with Crippen molar-refractivity contribution in [2.45, 2.75) is 93.8 Å². The summed E-state index contributed by atoms with van der Waals surface area (Å²) in [6.07, 6.45) is -1.67. The molecule has 3 aromatic carbocycles. The Morgan fingerprint density at radius 3 is 1.52 bits per heavy atom. The average molecular weight is 585 g/mol. The van der Waals surface area contributed by atoms with Crippen LogP contribution in [0.5, 0.6) is 0 Å². The standard InChI is InChI=1S/C34H34F6N2/c35-33(36,37)22-16-21(17-23(18-22)34(38,39)40)19-41-20-42(24-10-4-2-1-3-5-11-24)32-30-27-14-8-6-12-25(27)29(31(32)41)26-13-7-9-15-28(26)30/h6-9,12-18,24,29-32H,1-5,10-11,19-20H2/t29?,30?,31-,32+/m0/s1. The van der Waals surface area contributed by atoms with Gasteiger partial charge in [0.1, 0.15) is 0 Å². The van der Waals surface area contributed by atoms with Crippen LogP contribution in [0.2, 0.25) is 0 Å². The zero-order chi connectivity index (χ0) is 29.2. The van der Waals surface area contributed by atoms with Crippen molar-refractivity contribution in [3.8, 4) is 0 Å². The predicted molar refractivity (Wildman–Crippen MR) is 149 cm³/mol. The van der Waals surface area contributed by atoms with Gasteiger partial charge < -0.3 is 0 Å². The van der Waals surface area contributed by atoms with Gasteiger partial charge in [0.25, 0.3) is 0 Å². The predicted octanol–water partition coefficient (Wildman–Crippen LogP) is 8.94. The Morgan fingerprint density at radius 1 is 0.595 bits per heavy atom. The summed E-state index contributed by atoms with van der Waals surface area (Å²) in [5, 5.41) is 0. The Balaban J connectivity index is 1.34. The highest BCUT2D eigenvalue weighted by Gasteiger charge is 2.58. The molecule has 1 aliphatic heterocycles. The minimum atomic E-state index is -4.86. The topological polar surface area (TPSA) is 6.48 Å². The number of halogens is 6. The zero-order valence-corrected chi connectivity index (χ0v) is 23.3. The van der Waals surface area contributed by atoms with E-state index in [-0.39, 0.29) is 42.1 Å². The molecule has 5 aliphatic rings. The van der Waals surface area contributed by atoms with Crippen molar-refractivity contribution in [3.63, 3.8) is 0 Å². The molecule has 8 rings (SSSR count). The molecule has 0 aromatic heterocycles. The lowest BCUT2D eigenvalue weighted by Gasteiger charge is -2.52. The summed E-state index contributed by atoms with van der Waals surface area (Å²) < 4.78 is 82.6. The maximum atomic E-state index is 13.8. The first kappa shape index (κ1) is 28.0. The number of alkyl halides is 6. The quantitative estimate of drug-likeness (QED) is 0.284. The maximum Gasteiger partial charge on any atom is 0.416 e. The van der Waals surface area contributed by atoms with E-state index in [1.165, 1.54) is 41.5 Å². The second kappa shape index (κ2) is 10.4. The van der Waals surface area contributed by atoms with E-state index in [2.05, 4.69) is 46.2 Å². The van der Waals surface area contributed by atoms with Crippen LogP contribution in [-0.2, 0) is 18.9 Å². The Kier molecular flexibility index (Phi) is 6.93. The lowest BCUT2D eigenvalue weighted by molar-refractivity contribution is -0.143. The van der Waals surface area contributed by atoms with Gasteiger partial charge in [0, 0.05) is 36.5 Å². The van der Waals surface area contributed by atoms with Crippen LogP contribution in [0.15, 0.2) is 66.7 Å². The normalized spacial score (nSPS) is 26.8. The van der Waals surface area contributed by atoms with E-state index in [4.69, 9.17) is 0 Å². The van der Waals surface area contributed by atoms with Gasteiger partial charge in [0.15, 0.2) is 0 Å². The number of hydrogen-bond acceptors (Lipinski definition) is 2. The molecule has 0 unspecified atom stereocenters. The van der Waals surface area contributed by atoms with E-state index in [0.717, 1.165) is 37.8 Å². The molecule has 1 saturated heterocycles. The van der Waals surface area contributed by atoms with Crippen molar-refractivity contribution in [2.75, 3.05) is 6.67 Å². The van der Waals surface area contributed by atoms with Gasteiger partial charge in [-0.25, -0.2) is 0 Å². The fraction of sp³-hybridized carbons (Fsp3) is 0.471. The molecule has 1 heterocycles. The largest absolute Gasteiger partial charge is 0.416 e. The van der Waals surface area contributed by atoms with Gasteiger partial charge in [-0.05, 0) is 58.9 Å². The molecule has 2 fully saturated rings. The third-order valence-electron chi connectivity index (χ3n) is 10.1. The molecule has 2 atom stereocenters. The fourth-order valence-corrected chi connectivity index (χ4v) is 8.46. The van der Waals surface area contributed by atoms with Gasteiger partial charge in [-0.1, -0.05) is 80.6 Å². The second-order valence-corrected chi connectivity index (χ2v) is 12.5. The molecule has 42 heavy (non-hydrogen) atoms. The molecule has 1 saturated carbocycles. The summed E-state index contributed by atoms with van der Waals surface area (Å²) in [7, 11) is 0. The van der Waals surface area contributed by atoms with Gasteiger partial charge >= 0.3 is 12.4 Å². The van der Waals surface area contributed by atoms with Crippen molar-refractivity contribution in [2.24, 2.45) is 0 Å². The van der Waals surface area contributed by atoms with E-state index in [1.54, 1.807) is 0 Å². The Bertz CT molecular complexity index is 1380. The molecule has 2 nitrogen and oxygen atoms in total. The molecule has 3 aromatic rings. The molecule has 222 valence electrons.